The van der Waals surface area contributed by atoms with Crippen LogP contribution < -0.4 is 9.44 Å². The topological polar surface area (TPSA) is 64.7 Å². The predicted octanol–water partition coefficient (Wildman–Crippen LogP) is 1.72. The highest BCUT2D eigenvalue weighted by Crippen LogP contribution is 1.92. The van der Waals surface area contributed by atoms with Gasteiger partial charge in [0, 0.05) is 13.1 Å². The van der Waals surface area contributed by atoms with Crippen LogP contribution in [0.25, 0.3) is 0 Å². The van der Waals surface area contributed by atoms with E-state index in [0.717, 1.165) is 52.1 Å². The van der Waals surface area contributed by atoms with E-state index in [1.165, 1.54) is 0 Å². The molecule has 0 aromatic rings. The van der Waals surface area contributed by atoms with Gasteiger partial charge in [-0.2, -0.15) is 8.42 Å². The molecule has 0 aliphatic heterocycles. The Balaban J connectivity index is -0.00000200. The Morgan fingerprint density at radius 3 is 1.26 bits per heavy atom. The zero-order valence-corrected chi connectivity index (χ0v) is 17.5. The molecule has 0 saturated carbocycles. The van der Waals surface area contributed by atoms with Gasteiger partial charge in [0.25, 0.3) is 10.2 Å². The van der Waals surface area contributed by atoms with Crippen molar-refractivity contribution in [2.24, 2.45) is 0 Å². The van der Waals surface area contributed by atoms with E-state index >= 15 is 0 Å². The van der Waals surface area contributed by atoms with Crippen LogP contribution in [-0.2, 0) is 10.2 Å². The SMILES string of the molecule is CCN(CC)CCCNS(=O)(=O)NCCCN(CC)CC.Cl.Cl. The molecule has 0 aliphatic rings. The highest BCUT2D eigenvalue weighted by atomic mass is 35.5. The number of hydrogen-bond donors (Lipinski definition) is 2. The molecular weight excluding hydrogens is 359 g/mol. The smallest absolute Gasteiger partial charge is 0.276 e. The summed E-state index contributed by atoms with van der Waals surface area (Å²) in [7, 11) is -3.34. The number of halogens is 2. The van der Waals surface area contributed by atoms with Gasteiger partial charge in [-0.05, 0) is 52.1 Å². The first-order valence-corrected chi connectivity index (χ1v) is 9.66. The monoisotopic (exact) mass is 394 g/mol. The van der Waals surface area contributed by atoms with Crippen molar-refractivity contribution in [2.75, 3.05) is 52.4 Å². The van der Waals surface area contributed by atoms with E-state index in [1.54, 1.807) is 0 Å². The van der Waals surface area contributed by atoms with E-state index in [4.69, 9.17) is 0 Å². The van der Waals surface area contributed by atoms with Crippen LogP contribution in [0.15, 0.2) is 0 Å². The van der Waals surface area contributed by atoms with Crippen LogP contribution >= 0.6 is 24.8 Å². The largest absolute Gasteiger partial charge is 0.304 e. The Labute approximate surface area is 155 Å². The molecule has 0 unspecified atom stereocenters. The van der Waals surface area contributed by atoms with Crippen LogP contribution in [0.4, 0.5) is 0 Å². The lowest BCUT2D eigenvalue weighted by molar-refractivity contribution is 0.299. The summed E-state index contributed by atoms with van der Waals surface area (Å²) in [6.45, 7) is 15.3. The van der Waals surface area contributed by atoms with Gasteiger partial charge in [0.1, 0.15) is 0 Å². The lowest BCUT2D eigenvalue weighted by Gasteiger charge is -2.18. The van der Waals surface area contributed by atoms with Crippen molar-refractivity contribution in [3.8, 4) is 0 Å². The lowest BCUT2D eigenvalue weighted by atomic mass is 10.4. The second-order valence-electron chi connectivity index (χ2n) is 5.05. The Hall–Kier alpha value is 0.370. The van der Waals surface area contributed by atoms with Crippen molar-refractivity contribution in [1.29, 1.82) is 0 Å². The fourth-order valence-corrected chi connectivity index (χ4v) is 3.08. The van der Waals surface area contributed by atoms with E-state index in [9.17, 15) is 8.42 Å². The highest BCUT2D eigenvalue weighted by Gasteiger charge is 2.08. The molecule has 0 aromatic carbocycles. The molecule has 0 bridgehead atoms. The first kappa shape index (κ1) is 28.2. The van der Waals surface area contributed by atoms with Crippen LogP contribution in [0.1, 0.15) is 40.5 Å². The van der Waals surface area contributed by atoms with Gasteiger partial charge in [0.15, 0.2) is 0 Å². The van der Waals surface area contributed by atoms with E-state index < -0.39 is 10.2 Å². The van der Waals surface area contributed by atoms with Gasteiger partial charge in [-0.1, -0.05) is 27.7 Å². The van der Waals surface area contributed by atoms with Crippen LogP contribution in [-0.4, -0.2) is 70.6 Å². The van der Waals surface area contributed by atoms with Crippen molar-refractivity contribution < 1.29 is 8.42 Å². The number of nitrogens with zero attached hydrogens (tertiary/aromatic N) is 2. The normalized spacial score (nSPS) is 11.4. The third-order valence-corrected chi connectivity index (χ3v) is 4.84. The first-order chi connectivity index (χ1) is 9.99. The van der Waals surface area contributed by atoms with Gasteiger partial charge >= 0.3 is 0 Å². The molecule has 23 heavy (non-hydrogen) atoms. The van der Waals surface area contributed by atoms with Gasteiger partial charge in [-0.15, -0.1) is 24.8 Å². The minimum absolute atomic E-state index is 0. The van der Waals surface area contributed by atoms with Crippen LogP contribution in [0.3, 0.4) is 0 Å². The van der Waals surface area contributed by atoms with Crippen molar-refractivity contribution in [2.45, 2.75) is 40.5 Å². The van der Waals surface area contributed by atoms with Gasteiger partial charge in [-0.25, -0.2) is 9.44 Å². The zero-order chi connectivity index (χ0) is 16.1. The van der Waals surface area contributed by atoms with Gasteiger partial charge in [0.2, 0.25) is 0 Å². The molecule has 0 radical (unpaired) electrons. The zero-order valence-electron chi connectivity index (χ0n) is 15.0. The molecule has 0 atom stereocenters. The molecule has 0 heterocycles. The van der Waals surface area contributed by atoms with Crippen molar-refractivity contribution in [3.63, 3.8) is 0 Å². The predicted molar refractivity (Wildman–Crippen MR) is 104 cm³/mol. The molecule has 0 saturated heterocycles. The fraction of sp³-hybridized carbons (Fsp3) is 1.00. The summed E-state index contributed by atoms with van der Waals surface area (Å²) >= 11 is 0. The van der Waals surface area contributed by atoms with Gasteiger partial charge in [-0.3, -0.25) is 0 Å². The molecule has 0 aromatic heterocycles. The average molecular weight is 395 g/mol. The number of hydrogen-bond acceptors (Lipinski definition) is 4. The summed E-state index contributed by atoms with van der Waals surface area (Å²) in [5, 5.41) is 0. The second kappa shape index (κ2) is 17.2. The molecule has 0 spiro atoms. The van der Waals surface area contributed by atoms with Crippen molar-refractivity contribution >= 4 is 35.0 Å². The summed E-state index contributed by atoms with van der Waals surface area (Å²) < 4.78 is 28.7. The number of rotatable bonds is 14. The van der Waals surface area contributed by atoms with E-state index in [0.29, 0.717) is 13.1 Å². The third kappa shape index (κ3) is 15.6. The quantitative estimate of drug-likeness (QED) is 0.440. The molecule has 2 N–H and O–H groups in total. The lowest BCUT2D eigenvalue weighted by Crippen LogP contribution is -2.39. The van der Waals surface area contributed by atoms with Crippen LogP contribution in [0.5, 0.6) is 0 Å². The maximum absolute atomic E-state index is 11.7. The standard InChI is InChI=1S/C14H34N4O2S.2ClH/c1-5-17(6-2)13-9-11-15-21(19,20)16-12-10-14-18(7-3)8-4;;/h15-16H,5-14H2,1-4H3;2*1H. The average Bonchev–Trinajstić information content (AvgIpc) is 2.47. The molecule has 0 amide bonds. The molecule has 0 fully saturated rings. The molecular formula is C14H36Cl2N4O2S. The summed E-state index contributed by atoms with van der Waals surface area (Å²) in [6, 6.07) is 0. The third-order valence-electron chi connectivity index (χ3n) is 3.68. The molecule has 0 aliphatic carbocycles. The number of nitrogens with one attached hydrogen (secondary N) is 2. The minimum Gasteiger partial charge on any atom is -0.304 e. The van der Waals surface area contributed by atoms with Crippen molar-refractivity contribution in [3.05, 3.63) is 0 Å². The highest BCUT2D eigenvalue weighted by molar-refractivity contribution is 7.87. The molecule has 6 nitrogen and oxygen atoms in total. The summed E-state index contributed by atoms with van der Waals surface area (Å²) in [5.41, 5.74) is 0. The first-order valence-electron chi connectivity index (χ1n) is 8.17. The van der Waals surface area contributed by atoms with Gasteiger partial charge < -0.3 is 9.80 Å². The summed E-state index contributed by atoms with van der Waals surface area (Å²) in [4.78, 5) is 4.57. The molecule has 0 rings (SSSR count). The minimum atomic E-state index is -3.34. The summed E-state index contributed by atoms with van der Waals surface area (Å²) in [6.07, 6.45) is 1.67. The Morgan fingerprint density at radius 1 is 0.696 bits per heavy atom. The second-order valence-corrected chi connectivity index (χ2v) is 6.64. The van der Waals surface area contributed by atoms with E-state index in [2.05, 4.69) is 46.9 Å². The van der Waals surface area contributed by atoms with Crippen LogP contribution in [0.2, 0.25) is 0 Å². The Kier molecular flexibility index (Phi) is 21.1. The fourth-order valence-electron chi connectivity index (χ4n) is 2.15. The van der Waals surface area contributed by atoms with Crippen LogP contribution in [0, 0.1) is 0 Å². The molecule has 9 heteroatoms. The maximum Gasteiger partial charge on any atom is 0.276 e. The maximum atomic E-state index is 11.7. The van der Waals surface area contributed by atoms with Gasteiger partial charge in [0.05, 0.1) is 0 Å². The Bertz CT molecular complexity index is 312. The van der Waals surface area contributed by atoms with Crippen molar-refractivity contribution in [1.82, 2.24) is 19.2 Å². The summed E-state index contributed by atoms with van der Waals surface area (Å²) in [5.74, 6) is 0. The van der Waals surface area contributed by atoms with E-state index in [1.807, 2.05) is 0 Å². The Morgan fingerprint density at radius 2 is 1.00 bits per heavy atom. The van der Waals surface area contributed by atoms with E-state index in [-0.39, 0.29) is 24.8 Å². The molecule has 144 valence electrons.